The van der Waals surface area contributed by atoms with Crippen LogP contribution in [0.5, 0.6) is 34.5 Å². The normalized spacial score (nSPS) is 10.4. The van der Waals surface area contributed by atoms with E-state index in [0.29, 0.717) is 40.5 Å². The summed E-state index contributed by atoms with van der Waals surface area (Å²) in [7, 11) is 5.85. The van der Waals surface area contributed by atoms with Crippen LogP contribution in [0.1, 0.15) is 24.2 Å². The Kier molecular flexibility index (Phi) is 8.32. The zero-order chi connectivity index (χ0) is 26.4. The van der Waals surface area contributed by atoms with Crippen LogP contribution in [0.3, 0.4) is 0 Å². The number of carboxylic acid groups (broad SMARTS) is 1. The Balaban J connectivity index is 2.33. The molecule has 0 saturated heterocycles. The summed E-state index contributed by atoms with van der Waals surface area (Å²) in [6.07, 6.45) is 1.93. The van der Waals surface area contributed by atoms with Crippen LogP contribution >= 0.6 is 0 Å². The van der Waals surface area contributed by atoms with E-state index in [4.69, 9.17) is 23.7 Å². The number of carboxylic acids is 1. The fourth-order valence-electron chi connectivity index (χ4n) is 3.82. The topological polar surface area (TPSA) is 104 Å². The molecule has 0 radical (unpaired) electrons. The average Bonchev–Trinajstić information content (AvgIpc) is 2.87. The fraction of sp³-hybridized carbons (Fsp3) is 0.250. The van der Waals surface area contributed by atoms with Gasteiger partial charge in [-0.15, -0.1) is 0 Å². The summed E-state index contributed by atoms with van der Waals surface area (Å²) in [5.74, 6) is 0.494. The van der Waals surface area contributed by atoms with Gasteiger partial charge in [-0.2, -0.15) is 0 Å². The molecule has 2 N–H and O–H groups in total. The van der Waals surface area contributed by atoms with Gasteiger partial charge in [0.15, 0.2) is 11.5 Å². The van der Waals surface area contributed by atoms with Gasteiger partial charge in [-0.1, -0.05) is 17.7 Å². The molecule has 3 aromatic carbocycles. The molecule has 8 heteroatoms. The van der Waals surface area contributed by atoms with E-state index in [9.17, 15) is 15.0 Å². The lowest BCUT2D eigenvalue weighted by atomic mass is 9.91. The third-order valence-corrected chi connectivity index (χ3v) is 5.55. The Hall–Kier alpha value is -4.33. The molecule has 0 heterocycles. The summed E-state index contributed by atoms with van der Waals surface area (Å²) < 4.78 is 28.3. The first kappa shape index (κ1) is 26.3. The van der Waals surface area contributed by atoms with E-state index >= 15 is 0 Å². The predicted octanol–water partition coefficient (Wildman–Crippen LogP) is 5.80. The molecule has 0 saturated carbocycles. The summed E-state index contributed by atoms with van der Waals surface area (Å²) in [5.41, 5.74) is 2.81. The number of benzene rings is 3. The number of aromatic carboxylic acids is 1. The molecule has 0 unspecified atom stereocenters. The van der Waals surface area contributed by atoms with Gasteiger partial charge in [-0.3, -0.25) is 0 Å². The van der Waals surface area contributed by atoms with E-state index in [0.717, 1.165) is 5.57 Å². The number of rotatable bonds is 10. The first-order chi connectivity index (χ1) is 17.2. The molecule has 0 spiro atoms. The second kappa shape index (κ2) is 11.4. The first-order valence-electron chi connectivity index (χ1n) is 11.1. The van der Waals surface area contributed by atoms with Crippen molar-refractivity contribution in [2.24, 2.45) is 0 Å². The standard InChI is InChI=1S/C28H30O8/c1-16(2)11-12-36-23-15-21(32-3)20(14-22(23)33-4)25-24(34-5)13-19(17-7-9-18(29)10-8-17)27(35-6)26(25)28(30)31/h7-11,13-15,29H,12H2,1-6H3,(H,30,31). The number of ether oxygens (including phenoxy) is 5. The van der Waals surface area contributed by atoms with Crippen LogP contribution in [0.25, 0.3) is 22.3 Å². The first-order valence-corrected chi connectivity index (χ1v) is 11.1. The highest BCUT2D eigenvalue weighted by atomic mass is 16.5. The van der Waals surface area contributed by atoms with E-state index in [1.807, 2.05) is 19.9 Å². The molecule has 8 nitrogen and oxygen atoms in total. The minimum absolute atomic E-state index is 0.0866. The number of phenols is 1. The third-order valence-electron chi connectivity index (χ3n) is 5.55. The smallest absolute Gasteiger partial charge is 0.340 e. The molecular formula is C28H30O8. The lowest BCUT2D eigenvalue weighted by Crippen LogP contribution is -2.08. The number of allylic oxidation sites excluding steroid dienone is 1. The molecule has 3 aromatic rings. The van der Waals surface area contributed by atoms with Crippen LogP contribution in [-0.4, -0.2) is 51.2 Å². The number of carbonyl (C=O) groups is 1. The van der Waals surface area contributed by atoms with Crippen molar-refractivity contribution in [3.63, 3.8) is 0 Å². The second-order valence-corrected chi connectivity index (χ2v) is 8.06. The lowest BCUT2D eigenvalue weighted by molar-refractivity contribution is 0.0694. The Morgan fingerprint density at radius 2 is 1.42 bits per heavy atom. The molecule has 36 heavy (non-hydrogen) atoms. The summed E-state index contributed by atoms with van der Waals surface area (Å²) in [4.78, 5) is 12.6. The molecule has 0 aliphatic heterocycles. The van der Waals surface area contributed by atoms with Crippen LogP contribution in [0, 0.1) is 0 Å². The van der Waals surface area contributed by atoms with Crippen molar-refractivity contribution in [2.75, 3.05) is 35.0 Å². The third kappa shape index (κ3) is 5.33. The molecule has 0 aliphatic carbocycles. The van der Waals surface area contributed by atoms with Crippen molar-refractivity contribution in [3.8, 4) is 56.8 Å². The summed E-state index contributed by atoms with van der Waals surface area (Å²) in [5, 5.41) is 20.0. The van der Waals surface area contributed by atoms with E-state index in [-0.39, 0.29) is 28.4 Å². The van der Waals surface area contributed by atoms with Crippen LogP contribution in [0.15, 0.2) is 54.1 Å². The Bertz CT molecular complexity index is 1270. The molecule has 0 aliphatic rings. The average molecular weight is 495 g/mol. The highest BCUT2D eigenvalue weighted by molar-refractivity contribution is 6.05. The van der Waals surface area contributed by atoms with Crippen LogP contribution in [0.2, 0.25) is 0 Å². The van der Waals surface area contributed by atoms with Gasteiger partial charge in [-0.25, -0.2) is 4.79 Å². The quantitative estimate of drug-likeness (QED) is 0.341. The Morgan fingerprint density at radius 3 is 1.94 bits per heavy atom. The van der Waals surface area contributed by atoms with Gasteiger partial charge in [0.25, 0.3) is 0 Å². The zero-order valence-electron chi connectivity index (χ0n) is 21.2. The number of methoxy groups -OCH3 is 4. The summed E-state index contributed by atoms with van der Waals surface area (Å²) in [6, 6.07) is 11.4. The molecule has 3 rings (SSSR count). The van der Waals surface area contributed by atoms with Crippen molar-refractivity contribution in [1.29, 1.82) is 0 Å². The Morgan fingerprint density at radius 1 is 0.806 bits per heavy atom. The minimum atomic E-state index is -1.22. The highest BCUT2D eigenvalue weighted by Gasteiger charge is 2.29. The SMILES string of the molecule is COc1cc(-c2c(OC)cc(-c3ccc(O)cc3)c(OC)c2C(=O)O)c(OC)cc1OCC=C(C)C. The monoisotopic (exact) mass is 494 g/mol. The van der Waals surface area contributed by atoms with E-state index < -0.39 is 5.97 Å². The highest BCUT2D eigenvalue weighted by Crippen LogP contribution is 2.50. The molecular weight excluding hydrogens is 464 g/mol. The maximum absolute atomic E-state index is 12.6. The summed E-state index contributed by atoms with van der Waals surface area (Å²) >= 11 is 0. The van der Waals surface area contributed by atoms with Crippen molar-refractivity contribution in [2.45, 2.75) is 13.8 Å². The van der Waals surface area contributed by atoms with Gasteiger partial charge in [-0.05, 0) is 49.8 Å². The fourth-order valence-corrected chi connectivity index (χ4v) is 3.82. The minimum Gasteiger partial charge on any atom is -0.508 e. The van der Waals surface area contributed by atoms with Gasteiger partial charge in [0, 0.05) is 22.8 Å². The number of hydrogen-bond donors (Lipinski definition) is 2. The van der Waals surface area contributed by atoms with Gasteiger partial charge in [0.1, 0.15) is 35.2 Å². The molecule has 0 aromatic heterocycles. The van der Waals surface area contributed by atoms with Gasteiger partial charge < -0.3 is 33.9 Å². The van der Waals surface area contributed by atoms with Crippen molar-refractivity contribution in [3.05, 3.63) is 59.7 Å². The molecule has 190 valence electrons. The van der Waals surface area contributed by atoms with Gasteiger partial charge >= 0.3 is 5.97 Å². The van der Waals surface area contributed by atoms with E-state index in [2.05, 4.69) is 0 Å². The summed E-state index contributed by atoms with van der Waals surface area (Å²) in [6.45, 7) is 4.28. The molecule has 0 bridgehead atoms. The van der Waals surface area contributed by atoms with Crippen LogP contribution in [-0.2, 0) is 0 Å². The van der Waals surface area contributed by atoms with E-state index in [1.165, 1.54) is 40.6 Å². The number of aromatic hydroxyl groups is 1. The maximum atomic E-state index is 12.6. The van der Waals surface area contributed by atoms with Crippen LogP contribution < -0.4 is 23.7 Å². The predicted molar refractivity (Wildman–Crippen MR) is 137 cm³/mol. The number of phenolic OH excluding ortho intramolecular Hbond substituents is 1. The lowest BCUT2D eigenvalue weighted by Gasteiger charge is -2.21. The van der Waals surface area contributed by atoms with Gasteiger partial charge in [0.2, 0.25) is 0 Å². The molecule has 0 amide bonds. The largest absolute Gasteiger partial charge is 0.508 e. The zero-order valence-corrected chi connectivity index (χ0v) is 21.2. The van der Waals surface area contributed by atoms with Gasteiger partial charge in [0.05, 0.1) is 28.4 Å². The number of hydrogen-bond acceptors (Lipinski definition) is 7. The van der Waals surface area contributed by atoms with Crippen LogP contribution in [0.4, 0.5) is 0 Å². The maximum Gasteiger partial charge on any atom is 0.340 e. The molecule has 0 fully saturated rings. The molecule has 0 atom stereocenters. The van der Waals surface area contributed by atoms with E-state index in [1.54, 1.807) is 30.3 Å². The van der Waals surface area contributed by atoms with Crippen molar-refractivity contribution in [1.82, 2.24) is 0 Å². The van der Waals surface area contributed by atoms with Crippen molar-refractivity contribution < 1.29 is 38.7 Å². The second-order valence-electron chi connectivity index (χ2n) is 8.06. The Labute approximate surface area is 210 Å². The van der Waals surface area contributed by atoms with Crippen molar-refractivity contribution >= 4 is 5.97 Å².